The van der Waals surface area contributed by atoms with Crippen molar-refractivity contribution in [2.45, 2.75) is 56.1 Å². The van der Waals surface area contributed by atoms with E-state index >= 15 is 0 Å². The molecule has 9 heteroatoms. The van der Waals surface area contributed by atoms with E-state index in [0.717, 1.165) is 43.6 Å². The fraction of sp³-hybridized carbons (Fsp3) is 0.545. The lowest BCUT2D eigenvalue weighted by Gasteiger charge is -2.30. The third-order valence-corrected chi connectivity index (χ3v) is 6.52. The average Bonchev–Trinajstić information content (AvgIpc) is 3.46. The van der Waals surface area contributed by atoms with Gasteiger partial charge in [-0.3, -0.25) is 9.79 Å². The number of nitrogens with two attached hydrogens (primary N) is 2. The highest BCUT2D eigenvalue weighted by Crippen LogP contribution is 2.29. The maximum absolute atomic E-state index is 12.9. The molecule has 0 saturated carbocycles. The Morgan fingerprint density at radius 2 is 2.13 bits per heavy atom. The Morgan fingerprint density at radius 1 is 1.35 bits per heavy atom. The van der Waals surface area contributed by atoms with Crippen LogP contribution < -0.4 is 22.1 Å². The standard InChI is InChI=1S/C22H32N6O2S/c23-22(24)25-10-4-8-17(14-29)27-20(30)19-9-5-11-28(19)21(31)18-12-16(13-26-18)15-6-2-1-3-7-15/h1-3,6-7,14,16-19,26H,4-5,8-13H2,(H,27,30)(H4,23,24,25)/t16-,17-,18+,19-/m0/s1. The first-order valence-electron chi connectivity index (χ1n) is 10.9. The fourth-order valence-corrected chi connectivity index (χ4v) is 4.78. The van der Waals surface area contributed by atoms with Crippen molar-refractivity contribution >= 4 is 35.4 Å². The van der Waals surface area contributed by atoms with Gasteiger partial charge in [0.2, 0.25) is 5.91 Å². The number of rotatable bonds is 9. The van der Waals surface area contributed by atoms with E-state index in [1.165, 1.54) is 5.56 Å². The van der Waals surface area contributed by atoms with Crippen LogP contribution in [0.3, 0.4) is 0 Å². The molecule has 1 aromatic carbocycles. The lowest BCUT2D eigenvalue weighted by atomic mass is 9.96. The van der Waals surface area contributed by atoms with Gasteiger partial charge in [-0.15, -0.1) is 0 Å². The Morgan fingerprint density at radius 3 is 2.84 bits per heavy atom. The fourth-order valence-electron chi connectivity index (χ4n) is 4.38. The third-order valence-electron chi connectivity index (χ3n) is 6.00. The van der Waals surface area contributed by atoms with E-state index in [1.54, 1.807) is 0 Å². The summed E-state index contributed by atoms with van der Waals surface area (Å²) < 4.78 is 0. The molecule has 6 N–H and O–H groups in total. The number of carbonyl (C=O) groups excluding carboxylic acids is 2. The van der Waals surface area contributed by atoms with Gasteiger partial charge in [-0.1, -0.05) is 42.5 Å². The zero-order chi connectivity index (χ0) is 22.2. The van der Waals surface area contributed by atoms with Crippen LogP contribution in [0.1, 0.15) is 43.6 Å². The van der Waals surface area contributed by atoms with Gasteiger partial charge in [-0.25, -0.2) is 0 Å². The molecule has 1 aromatic rings. The van der Waals surface area contributed by atoms with E-state index in [1.807, 2.05) is 11.0 Å². The van der Waals surface area contributed by atoms with Crippen molar-refractivity contribution in [3.63, 3.8) is 0 Å². The lowest BCUT2D eigenvalue weighted by Crippen LogP contribution is -2.52. The number of carbonyl (C=O) groups is 2. The van der Waals surface area contributed by atoms with E-state index < -0.39 is 6.04 Å². The summed E-state index contributed by atoms with van der Waals surface area (Å²) in [5.74, 6) is 0.303. The monoisotopic (exact) mass is 444 g/mol. The molecule has 2 saturated heterocycles. The number of hydrogen-bond donors (Lipinski definition) is 4. The first-order chi connectivity index (χ1) is 15.0. The van der Waals surface area contributed by atoms with Crippen LogP contribution in [0.2, 0.25) is 0 Å². The molecule has 4 atom stereocenters. The summed E-state index contributed by atoms with van der Waals surface area (Å²) in [5.41, 5.74) is 11.9. The summed E-state index contributed by atoms with van der Waals surface area (Å²) in [5, 5.41) is 6.40. The molecule has 31 heavy (non-hydrogen) atoms. The lowest BCUT2D eigenvalue weighted by molar-refractivity contribution is -0.127. The van der Waals surface area contributed by atoms with Crippen molar-refractivity contribution in [2.75, 3.05) is 19.6 Å². The minimum Gasteiger partial charge on any atom is -0.370 e. The molecule has 2 aliphatic heterocycles. The van der Waals surface area contributed by atoms with E-state index in [0.29, 0.717) is 25.3 Å². The van der Waals surface area contributed by atoms with E-state index in [-0.39, 0.29) is 24.0 Å². The number of nitrogens with zero attached hydrogens (tertiary/aromatic N) is 2. The normalized spacial score (nSPS) is 23.9. The van der Waals surface area contributed by atoms with Crippen LogP contribution in [0.15, 0.2) is 35.3 Å². The molecule has 1 amide bonds. The van der Waals surface area contributed by atoms with Crippen molar-refractivity contribution < 1.29 is 9.59 Å². The van der Waals surface area contributed by atoms with Crippen molar-refractivity contribution in [3.8, 4) is 0 Å². The molecule has 2 fully saturated rings. The Bertz CT molecular complexity index is 798. The molecule has 3 rings (SSSR count). The summed E-state index contributed by atoms with van der Waals surface area (Å²) in [6.07, 6.45) is 4.44. The van der Waals surface area contributed by atoms with Crippen LogP contribution in [0.4, 0.5) is 0 Å². The summed E-state index contributed by atoms with van der Waals surface area (Å²) in [7, 11) is 0. The second-order valence-corrected chi connectivity index (χ2v) is 8.61. The Kier molecular flexibility index (Phi) is 8.36. The number of guanidine groups is 1. The van der Waals surface area contributed by atoms with Crippen molar-refractivity contribution in [1.82, 2.24) is 15.5 Å². The second kappa shape index (κ2) is 11.2. The third kappa shape index (κ3) is 6.24. The molecule has 0 bridgehead atoms. The predicted molar refractivity (Wildman–Crippen MR) is 126 cm³/mol. The highest BCUT2D eigenvalue weighted by molar-refractivity contribution is 7.80. The van der Waals surface area contributed by atoms with Gasteiger partial charge in [0.05, 0.1) is 17.1 Å². The Labute approximate surface area is 188 Å². The SMILES string of the molecule is NC(N)=NCCC[C@@H](C=O)NC(=O)[C@@H]1CCCN1C(=S)[C@H]1C[C@H](c2ccccc2)CN1. The van der Waals surface area contributed by atoms with Crippen LogP contribution in [-0.2, 0) is 9.59 Å². The van der Waals surface area contributed by atoms with Crippen LogP contribution in [-0.4, -0.2) is 65.8 Å². The zero-order valence-corrected chi connectivity index (χ0v) is 18.5. The molecule has 0 aromatic heterocycles. The first-order valence-corrected chi connectivity index (χ1v) is 11.3. The van der Waals surface area contributed by atoms with Gasteiger partial charge >= 0.3 is 0 Å². The van der Waals surface area contributed by atoms with Crippen molar-refractivity contribution in [3.05, 3.63) is 35.9 Å². The van der Waals surface area contributed by atoms with Gasteiger partial charge in [0.1, 0.15) is 12.3 Å². The molecule has 2 heterocycles. The molecule has 0 unspecified atom stereocenters. The number of aliphatic imine (C=N–C) groups is 1. The summed E-state index contributed by atoms with van der Waals surface area (Å²) >= 11 is 5.80. The molecule has 0 aliphatic carbocycles. The molecule has 168 valence electrons. The van der Waals surface area contributed by atoms with Crippen LogP contribution in [0.25, 0.3) is 0 Å². The van der Waals surface area contributed by atoms with E-state index in [2.05, 4.69) is 39.9 Å². The predicted octanol–water partition coefficient (Wildman–Crippen LogP) is 0.661. The van der Waals surface area contributed by atoms with Crippen LogP contribution in [0, 0.1) is 0 Å². The maximum Gasteiger partial charge on any atom is 0.243 e. The molecule has 0 spiro atoms. The van der Waals surface area contributed by atoms with Gasteiger partial charge in [-0.05, 0) is 43.6 Å². The van der Waals surface area contributed by atoms with E-state index in [9.17, 15) is 9.59 Å². The van der Waals surface area contributed by atoms with E-state index in [4.69, 9.17) is 23.7 Å². The minimum absolute atomic E-state index is 0.0248. The maximum atomic E-state index is 12.9. The first kappa shape index (κ1) is 23.1. The van der Waals surface area contributed by atoms with Gasteiger partial charge in [0.15, 0.2) is 5.96 Å². The van der Waals surface area contributed by atoms with Gasteiger partial charge in [-0.2, -0.15) is 0 Å². The number of aldehydes is 1. The topological polar surface area (TPSA) is 126 Å². The Balaban J connectivity index is 1.53. The highest BCUT2D eigenvalue weighted by atomic mass is 32.1. The quantitative estimate of drug-likeness (QED) is 0.145. The number of likely N-dealkylation sites (tertiary alicyclic amines) is 1. The number of nitrogens with one attached hydrogen (secondary N) is 2. The molecular weight excluding hydrogens is 412 g/mol. The summed E-state index contributed by atoms with van der Waals surface area (Å²) in [4.78, 5) is 31.1. The zero-order valence-electron chi connectivity index (χ0n) is 17.7. The van der Waals surface area contributed by atoms with Gasteiger partial charge in [0, 0.05) is 19.6 Å². The van der Waals surface area contributed by atoms with Crippen LogP contribution in [0.5, 0.6) is 0 Å². The van der Waals surface area contributed by atoms with Crippen molar-refractivity contribution in [2.24, 2.45) is 16.5 Å². The highest BCUT2D eigenvalue weighted by Gasteiger charge is 2.38. The average molecular weight is 445 g/mol. The number of thiocarbonyl (C=S) groups is 1. The number of hydrogen-bond acceptors (Lipinski definition) is 5. The Hall–Kier alpha value is -2.52. The van der Waals surface area contributed by atoms with Gasteiger partial charge < -0.3 is 31.8 Å². The number of benzene rings is 1. The molecular formula is C22H32N6O2S. The summed E-state index contributed by atoms with van der Waals surface area (Å²) in [6, 6.07) is 9.64. The molecule has 8 nitrogen and oxygen atoms in total. The van der Waals surface area contributed by atoms with Gasteiger partial charge in [0.25, 0.3) is 0 Å². The second-order valence-electron chi connectivity index (χ2n) is 8.19. The largest absolute Gasteiger partial charge is 0.370 e. The minimum atomic E-state index is -0.551. The van der Waals surface area contributed by atoms with Crippen molar-refractivity contribution in [1.29, 1.82) is 0 Å². The summed E-state index contributed by atoms with van der Waals surface area (Å²) in [6.45, 7) is 2.07. The molecule has 0 radical (unpaired) electrons. The number of amides is 1. The van der Waals surface area contributed by atoms with Crippen LogP contribution >= 0.6 is 12.2 Å². The molecule has 2 aliphatic rings. The smallest absolute Gasteiger partial charge is 0.243 e.